The molecule has 0 atom stereocenters. The summed E-state index contributed by atoms with van der Waals surface area (Å²) in [6.07, 6.45) is 8.56. The van der Waals surface area contributed by atoms with Gasteiger partial charge in [-0.25, -0.2) is 9.97 Å². The van der Waals surface area contributed by atoms with E-state index in [0.29, 0.717) is 16.7 Å². The van der Waals surface area contributed by atoms with Gasteiger partial charge in [0.1, 0.15) is 12.1 Å². The molecule has 2 aromatic rings. The maximum Gasteiger partial charge on any atom is 0.227 e. The van der Waals surface area contributed by atoms with Crippen LogP contribution in [0.4, 0.5) is 5.69 Å². The van der Waals surface area contributed by atoms with E-state index in [1.165, 1.54) is 12.7 Å². The second-order valence-corrected chi connectivity index (χ2v) is 6.14. The minimum atomic E-state index is 0.0814. The molecule has 2 heterocycles. The van der Waals surface area contributed by atoms with Gasteiger partial charge in [-0.1, -0.05) is 42.5 Å². The lowest BCUT2D eigenvalue weighted by Gasteiger charge is -2.20. The molecule has 22 heavy (non-hydrogen) atoms. The Kier molecular flexibility index (Phi) is 4.64. The van der Waals surface area contributed by atoms with Crippen LogP contribution in [0, 0.1) is 5.92 Å². The van der Waals surface area contributed by atoms with Gasteiger partial charge in [-0.15, -0.1) is 0 Å². The van der Waals surface area contributed by atoms with Gasteiger partial charge in [-0.3, -0.25) is 9.36 Å². The van der Waals surface area contributed by atoms with E-state index in [-0.39, 0.29) is 17.0 Å². The normalized spacial score (nSPS) is 15.7. The van der Waals surface area contributed by atoms with Gasteiger partial charge in [0.05, 0.1) is 11.9 Å². The van der Waals surface area contributed by atoms with E-state index in [4.69, 9.17) is 23.2 Å². The van der Waals surface area contributed by atoms with E-state index in [9.17, 15) is 4.79 Å². The number of halogens is 2. The SMILES string of the molecule is O=C(Nc1ccc(-n2cnc(Cl)c2Cl)nc1)C1CCCCC1. The molecule has 0 saturated heterocycles. The molecule has 2 aromatic heterocycles. The van der Waals surface area contributed by atoms with Gasteiger partial charge in [0.15, 0.2) is 10.3 Å². The largest absolute Gasteiger partial charge is 0.324 e. The fourth-order valence-corrected chi connectivity index (χ4v) is 3.00. The molecule has 1 aliphatic carbocycles. The molecule has 0 spiro atoms. The summed E-state index contributed by atoms with van der Waals surface area (Å²) < 4.78 is 1.58. The predicted octanol–water partition coefficient (Wildman–Crippen LogP) is 4.09. The van der Waals surface area contributed by atoms with Crippen molar-refractivity contribution < 1.29 is 4.79 Å². The van der Waals surface area contributed by atoms with E-state index >= 15 is 0 Å². The number of anilines is 1. The summed E-state index contributed by atoms with van der Waals surface area (Å²) >= 11 is 11.8. The topological polar surface area (TPSA) is 59.8 Å². The Bertz CT molecular complexity index is 663. The minimum absolute atomic E-state index is 0.0814. The number of nitrogens with zero attached hydrogens (tertiary/aromatic N) is 3. The third-order valence-corrected chi connectivity index (χ3v) is 4.64. The lowest BCUT2D eigenvalue weighted by molar-refractivity contribution is -0.120. The van der Waals surface area contributed by atoms with Crippen LogP contribution in [0.25, 0.3) is 5.82 Å². The molecule has 5 nitrogen and oxygen atoms in total. The molecule has 1 N–H and O–H groups in total. The lowest BCUT2D eigenvalue weighted by Crippen LogP contribution is -2.24. The molecule has 1 saturated carbocycles. The Hall–Kier alpha value is -1.59. The van der Waals surface area contributed by atoms with Crippen LogP contribution in [-0.2, 0) is 4.79 Å². The van der Waals surface area contributed by atoms with Crippen LogP contribution in [0.3, 0.4) is 0 Å². The molecule has 1 aliphatic rings. The number of aromatic nitrogens is 3. The van der Waals surface area contributed by atoms with E-state index in [1.54, 1.807) is 22.9 Å². The highest BCUT2D eigenvalue weighted by Gasteiger charge is 2.21. The number of rotatable bonds is 3. The second kappa shape index (κ2) is 6.67. The number of nitrogens with one attached hydrogen (secondary N) is 1. The van der Waals surface area contributed by atoms with Crippen LogP contribution in [-0.4, -0.2) is 20.4 Å². The number of imidazole rings is 1. The Morgan fingerprint density at radius 3 is 2.55 bits per heavy atom. The molecular formula is C15H16Cl2N4O. The first-order chi connectivity index (χ1) is 10.6. The van der Waals surface area contributed by atoms with Crippen LogP contribution in [0.15, 0.2) is 24.7 Å². The van der Waals surface area contributed by atoms with Crippen molar-refractivity contribution in [1.29, 1.82) is 0 Å². The molecule has 0 aromatic carbocycles. The second-order valence-electron chi connectivity index (χ2n) is 5.43. The molecular weight excluding hydrogens is 323 g/mol. The monoisotopic (exact) mass is 338 g/mol. The molecule has 116 valence electrons. The van der Waals surface area contributed by atoms with Gasteiger partial charge < -0.3 is 5.32 Å². The number of carbonyl (C=O) groups excluding carboxylic acids is 1. The fraction of sp³-hybridized carbons (Fsp3) is 0.400. The Labute approximate surface area is 138 Å². The Morgan fingerprint density at radius 2 is 1.95 bits per heavy atom. The average molecular weight is 339 g/mol. The van der Waals surface area contributed by atoms with E-state index in [1.807, 2.05) is 0 Å². The summed E-state index contributed by atoms with van der Waals surface area (Å²) in [4.78, 5) is 20.4. The zero-order valence-corrected chi connectivity index (χ0v) is 13.4. The van der Waals surface area contributed by atoms with Crippen LogP contribution in [0.1, 0.15) is 32.1 Å². The molecule has 3 rings (SSSR count). The van der Waals surface area contributed by atoms with Crippen molar-refractivity contribution in [3.05, 3.63) is 35.0 Å². The van der Waals surface area contributed by atoms with Crippen LogP contribution in [0.5, 0.6) is 0 Å². The van der Waals surface area contributed by atoms with Gasteiger partial charge in [-0.2, -0.15) is 0 Å². The van der Waals surface area contributed by atoms with Crippen molar-refractivity contribution in [3.63, 3.8) is 0 Å². The number of hydrogen-bond donors (Lipinski definition) is 1. The Morgan fingerprint density at radius 1 is 1.18 bits per heavy atom. The van der Waals surface area contributed by atoms with Crippen molar-refractivity contribution >= 4 is 34.8 Å². The van der Waals surface area contributed by atoms with Gasteiger partial charge in [0.25, 0.3) is 0 Å². The smallest absolute Gasteiger partial charge is 0.227 e. The number of hydrogen-bond acceptors (Lipinski definition) is 3. The summed E-state index contributed by atoms with van der Waals surface area (Å²) in [7, 11) is 0. The predicted molar refractivity (Wildman–Crippen MR) is 86.6 cm³/mol. The first-order valence-corrected chi connectivity index (χ1v) is 8.06. The van der Waals surface area contributed by atoms with E-state index in [2.05, 4.69) is 15.3 Å². The van der Waals surface area contributed by atoms with Crippen molar-refractivity contribution in [2.75, 3.05) is 5.32 Å². The summed E-state index contributed by atoms with van der Waals surface area (Å²) in [5.74, 6) is 0.799. The lowest BCUT2D eigenvalue weighted by atomic mass is 9.88. The quantitative estimate of drug-likeness (QED) is 0.916. The van der Waals surface area contributed by atoms with Crippen molar-refractivity contribution in [2.45, 2.75) is 32.1 Å². The number of amides is 1. The maximum atomic E-state index is 12.2. The first-order valence-electron chi connectivity index (χ1n) is 7.31. The number of pyridine rings is 1. The van der Waals surface area contributed by atoms with Gasteiger partial charge in [0.2, 0.25) is 5.91 Å². The first kappa shape index (κ1) is 15.3. The van der Waals surface area contributed by atoms with E-state index < -0.39 is 0 Å². The fourth-order valence-electron chi connectivity index (χ4n) is 2.68. The maximum absolute atomic E-state index is 12.2. The summed E-state index contributed by atoms with van der Waals surface area (Å²) in [6.45, 7) is 0. The summed E-state index contributed by atoms with van der Waals surface area (Å²) in [6, 6.07) is 3.56. The molecule has 1 fully saturated rings. The molecule has 0 bridgehead atoms. The van der Waals surface area contributed by atoms with Crippen LogP contribution in [0.2, 0.25) is 10.3 Å². The summed E-state index contributed by atoms with van der Waals surface area (Å²) in [5, 5.41) is 3.47. The highest BCUT2D eigenvalue weighted by molar-refractivity contribution is 6.40. The van der Waals surface area contributed by atoms with Crippen LogP contribution < -0.4 is 5.32 Å². The van der Waals surface area contributed by atoms with Crippen LogP contribution >= 0.6 is 23.2 Å². The molecule has 0 unspecified atom stereocenters. The summed E-state index contributed by atoms with van der Waals surface area (Å²) in [5.41, 5.74) is 0.682. The third-order valence-electron chi connectivity index (χ3n) is 3.91. The zero-order valence-electron chi connectivity index (χ0n) is 11.9. The highest BCUT2D eigenvalue weighted by Crippen LogP contribution is 2.26. The molecule has 7 heteroatoms. The highest BCUT2D eigenvalue weighted by atomic mass is 35.5. The number of carbonyl (C=O) groups is 1. The molecule has 0 aliphatic heterocycles. The average Bonchev–Trinajstić information content (AvgIpc) is 2.89. The minimum Gasteiger partial charge on any atom is -0.324 e. The van der Waals surface area contributed by atoms with Gasteiger partial charge >= 0.3 is 0 Å². The standard InChI is InChI=1S/C15H16Cl2N4O/c16-13-14(17)21(9-19-13)12-7-6-11(8-18-12)20-15(22)10-4-2-1-3-5-10/h6-10H,1-5H2,(H,20,22). The van der Waals surface area contributed by atoms with Crippen molar-refractivity contribution in [3.8, 4) is 5.82 Å². The Balaban J connectivity index is 1.69. The molecule has 0 radical (unpaired) electrons. The van der Waals surface area contributed by atoms with Crippen molar-refractivity contribution in [2.24, 2.45) is 5.92 Å². The van der Waals surface area contributed by atoms with Gasteiger partial charge in [-0.05, 0) is 25.0 Å². The molecule has 1 amide bonds. The zero-order chi connectivity index (χ0) is 15.5. The van der Waals surface area contributed by atoms with Crippen molar-refractivity contribution in [1.82, 2.24) is 14.5 Å². The van der Waals surface area contributed by atoms with Gasteiger partial charge in [0, 0.05) is 5.92 Å². The van der Waals surface area contributed by atoms with E-state index in [0.717, 1.165) is 25.7 Å². The third kappa shape index (κ3) is 3.25.